The molecule has 0 radical (unpaired) electrons. The molecule has 1 aliphatic rings. The Kier molecular flexibility index (Phi) is 6.55. The van der Waals surface area contributed by atoms with Crippen molar-refractivity contribution in [2.24, 2.45) is 5.92 Å². The average Bonchev–Trinajstić information content (AvgIpc) is 2.54. The normalized spacial score (nSPS) is 20.7. The fraction of sp³-hybridized carbons (Fsp3) is 0.529. The number of rotatable bonds is 6. The van der Waals surface area contributed by atoms with Crippen LogP contribution in [0.15, 0.2) is 29.2 Å². The van der Waals surface area contributed by atoms with E-state index in [-0.39, 0.29) is 29.2 Å². The lowest BCUT2D eigenvalue weighted by Crippen LogP contribution is -3.14. The van der Waals surface area contributed by atoms with Crippen molar-refractivity contribution in [3.8, 4) is 0 Å². The third kappa shape index (κ3) is 5.82. The molecule has 2 rings (SSSR count). The molecule has 138 valence electrons. The van der Waals surface area contributed by atoms with Crippen LogP contribution in [0.3, 0.4) is 0 Å². The standard InChI is InChI=1S/C17H24N2O5S/c1-3-24-17(21)13-6-5-9-19(11-13)12-16(20)18-14-7-4-8-15(10-14)25(2,22)23/h4,7-8,10,13H,3,5-6,9,11-12H2,1-2H3,(H,18,20)/p+1/t13-/m0/s1. The van der Waals surface area contributed by atoms with Crippen molar-refractivity contribution in [1.29, 1.82) is 0 Å². The number of sulfone groups is 1. The summed E-state index contributed by atoms with van der Waals surface area (Å²) >= 11 is 0. The molecule has 1 aromatic rings. The Morgan fingerprint density at radius 2 is 2.12 bits per heavy atom. The topological polar surface area (TPSA) is 94.0 Å². The number of carbonyl (C=O) groups is 2. The van der Waals surface area contributed by atoms with Gasteiger partial charge >= 0.3 is 5.97 Å². The summed E-state index contributed by atoms with van der Waals surface area (Å²) in [5.41, 5.74) is 0.450. The molecule has 1 unspecified atom stereocenters. The first kappa shape index (κ1) is 19.4. The number of amides is 1. The van der Waals surface area contributed by atoms with Gasteiger partial charge in [0.2, 0.25) is 0 Å². The molecule has 1 aromatic carbocycles. The molecule has 8 heteroatoms. The maximum Gasteiger partial charge on any atom is 0.314 e. The minimum absolute atomic E-state index is 0.162. The highest BCUT2D eigenvalue weighted by atomic mass is 32.2. The Morgan fingerprint density at radius 1 is 1.36 bits per heavy atom. The van der Waals surface area contributed by atoms with Gasteiger partial charge in [0.05, 0.1) is 24.6 Å². The third-order valence-electron chi connectivity index (χ3n) is 4.19. The molecule has 0 spiro atoms. The maximum atomic E-state index is 12.2. The van der Waals surface area contributed by atoms with Crippen LogP contribution in [0, 0.1) is 5.92 Å². The van der Waals surface area contributed by atoms with Gasteiger partial charge in [-0.3, -0.25) is 9.59 Å². The van der Waals surface area contributed by atoms with Crippen molar-refractivity contribution < 1.29 is 27.6 Å². The molecule has 25 heavy (non-hydrogen) atoms. The molecular weight excluding hydrogens is 344 g/mol. The highest BCUT2D eigenvalue weighted by molar-refractivity contribution is 7.90. The van der Waals surface area contributed by atoms with Crippen LogP contribution in [0.5, 0.6) is 0 Å². The second-order valence-corrected chi connectivity index (χ2v) is 8.34. The number of ether oxygens (including phenoxy) is 1. The number of piperidine rings is 1. The summed E-state index contributed by atoms with van der Waals surface area (Å²) in [5.74, 6) is -0.559. The van der Waals surface area contributed by atoms with Crippen LogP contribution in [0.1, 0.15) is 19.8 Å². The van der Waals surface area contributed by atoms with Crippen LogP contribution in [-0.4, -0.2) is 52.8 Å². The number of hydrogen-bond acceptors (Lipinski definition) is 5. The molecule has 1 saturated heterocycles. The fourth-order valence-corrected chi connectivity index (χ4v) is 3.68. The Labute approximate surface area is 148 Å². The number of anilines is 1. The van der Waals surface area contributed by atoms with Crippen LogP contribution < -0.4 is 10.2 Å². The van der Waals surface area contributed by atoms with E-state index in [0.29, 0.717) is 18.8 Å². The predicted octanol–water partition coefficient (Wildman–Crippen LogP) is -0.113. The lowest BCUT2D eigenvalue weighted by Gasteiger charge is -2.28. The van der Waals surface area contributed by atoms with Crippen molar-refractivity contribution in [3.05, 3.63) is 24.3 Å². The molecule has 2 N–H and O–H groups in total. The summed E-state index contributed by atoms with van der Waals surface area (Å²) in [7, 11) is -3.32. The maximum absolute atomic E-state index is 12.2. The average molecular weight is 369 g/mol. The molecule has 7 nitrogen and oxygen atoms in total. The van der Waals surface area contributed by atoms with E-state index >= 15 is 0 Å². The second-order valence-electron chi connectivity index (χ2n) is 6.32. The quantitative estimate of drug-likeness (QED) is 0.682. The number of carbonyl (C=O) groups excluding carboxylic acids is 2. The van der Waals surface area contributed by atoms with E-state index in [1.54, 1.807) is 19.1 Å². The molecule has 0 bridgehead atoms. The number of likely N-dealkylation sites (tertiary alicyclic amines) is 1. The Balaban J connectivity index is 1.93. The molecule has 0 aliphatic carbocycles. The minimum Gasteiger partial charge on any atom is -0.466 e. The van der Waals surface area contributed by atoms with E-state index in [2.05, 4.69) is 5.32 Å². The number of quaternary nitrogens is 1. The molecule has 0 aromatic heterocycles. The number of nitrogens with one attached hydrogen (secondary N) is 2. The predicted molar refractivity (Wildman–Crippen MR) is 93.1 cm³/mol. The van der Waals surface area contributed by atoms with Crippen LogP contribution in [0.2, 0.25) is 0 Å². The summed E-state index contributed by atoms with van der Waals surface area (Å²) in [6.07, 6.45) is 2.79. The molecular formula is C17H25N2O5S+. The Hall–Kier alpha value is -1.93. The zero-order chi connectivity index (χ0) is 18.4. The number of hydrogen-bond donors (Lipinski definition) is 2. The zero-order valence-electron chi connectivity index (χ0n) is 14.6. The van der Waals surface area contributed by atoms with Crippen molar-refractivity contribution in [2.75, 3.05) is 37.8 Å². The smallest absolute Gasteiger partial charge is 0.314 e. The van der Waals surface area contributed by atoms with E-state index in [0.717, 1.165) is 30.5 Å². The molecule has 0 saturated carbocycles. The van der Waals surface area contributed by atoms with E-state index in [9.17, 15) is 18.0 Å². The largest absolute Gasteiger partial charge is 0.466 e. The number of benzene rings is 1. The second kappa shape index (κ2) is 8.44. The summed E-state index contributed by atoms with van der Waals surface area (Å²) < 4.78 is 28.2. The Morgan fingerprint density at radius 3 is 2.80 bits per heavy atom. The van der Waals surface area contributed by atoms with Gasteiger partial charge < -0.3 is 15.0 Å². The van der Waals surface area contributed by atoms with Gasteiger partial charge in [0.25, 0.3) is 5.91 Å². The summed E-state index contributed by atoms with van der Waals surface area (Å²) in [6, 6.07) is 6.18. The lowest BCUT2D eigenvalue weighted by molar-refractivity contribution is -0.899. The van der Waals surface area contributed by atoms with Crippen LogP contribution in [0.25, 0.3) is 0 Å². The van der Waals surface area contributed by atoms with Crippen molar-refractivity contribution >= 4 is 27.4 Å². The van der Waals surface area contributed by atoms with Gasteiger partial charge in [-0.05, 0) is 38.0 Å². The molecule has 1 amide bonds. The van der Waals surface area contributed by atoms with Crippen molar-refractivity contribution in [1.82, 2.24) is 0 Å². The van der Waals surface area contributed by atoms with E-state index < -0.39 is 9.84 Å². The van der Waals surface area contributed by atoms with E-state index in [1.165, 1.54) is 12.1 Å². The molecule has 1 aliphatic heterocycles. The lowest BCUT2D eigenvalue weighted by atomic mass is 9.98. The van der Waals surface area contributed by atoms with Crippen LogP contribution in [-0.2, 0) is 24.2 Å². The van der Waals surface area contributed by atoms with Crippen LogP contribution in [0.4, 0.5) is 5.69 Å². The van der Waals surface area contributed by atoms with Gasteiger partial charge in [-0.1, -0.05) is 6.07 Å². The highest BCUT2D eigenvalue weighted by Gasteiger charge is 2.30. The first-order chi connectivity index (χ1) is 11.8. The zero-order valence-corrected chi connectivity index (χ0v) is 15.4. The van der Waals surface area contributed by atoms with Crippen LogP contribution >= 0.6 is 0 Å². The third-order valence-corrected chi connectivity index (χ3v) is 5.30. The summed E-state index contributed by atoms with van der Waals surface area (Å²) in [6.45, 7) is 3.78. The first-order valence-electron chi connectivity index (χ1n) is 8.39. The molecule has 2 atom stereocenters. The SMILES string of the molecule is CCOC(=O)[C@H]1CCC[NH+](CC(=O)Nc2cccc(S(C)(=O)=O)c2)C1. The van der Waals surface area contributed by atoms with Gasteiger partial charge in [0.1, 0.15) is 5.92 Å². The highest BCUT2D eigenvalue weighted by Crippen LogP contribution is 2.15. The van der Waals surface area contributed by atoms with E-state index in [4.69, 9.17) is 4.74 Å². The van der Waals surface area contributed by atoms with Gasteiger partial charge in [-0.15, -0.1) is 0 Å². The van der Waals surface area contributed by atoms with Crippen molar-refractivity contribution in [2.45, 2.75) is 24.7 Å². The first-order valence-corrected chi connectivity index (χ1v) is 10.3. The summed E-state index contributed by atoms with van der Waals surface area (Å²) in [5, 5.41) is 2.73. The summed E-state index contributed by atoms with van der Waals surface area (Å²) in [4.78, 5) is 25.3. The molecule has 1 heterocycles. The van der Waals surface area contributed by atoms with Gasteiger partial charge in [0, 0.05) is 11.9 Å². The van der Waals surface area contributed by atoms with E-state index in [1.807, 2.05) is 0 Å². The number of esters is 1. The fourth-order valence-electron chi connectivity index (χ4n) is 3.01. The van der Waals surface area contributed by atoms with Gasteiger partial charge in [-0.2, -0.15) is 0 Å². The van der Waals surface area contributed by atoms with Gasteiger partial charge in [-0.25, -0.2) is 8.42 Å². The molecule has 1 fully saturated rings. The van der Waals surface area contributed by atoms with Crippen molar-refractivity contribution in [3.63, 3.8) is 0 Å². The van der Waals surface area contributed by atoms with Gasteiger partial charge in [0.15, 0.2) is 16.4 Å². The monoisotopic (exact) mass is 369 g/mol. The minimum atomic E-state index is -3.32. The Bertz CT molecular complexity index is 732.